The number of rotatable bonds is 6. The summed E-state index contributed by atoms with van der Waals surface area (Å²) in [6, 6.07) is 2.65. The van der Waals surface area contributed by atoms with Gasteiger partial charge in [0.25, 0.3) is 11.2 Å². The maximum Gasteiger partial charge on any atom is 0.293 e. The second-order valence-electron chi connectivity index (χ2n) is 5.27. The Labute approximate surface area is 138 Å². The maximum atomic E-state index is 12.2. The number of aromatic nitrogens is 2. The molecule has 24 heavy (non-hydrogen) atoms. The third-order valence-corrected chi connectivity index (χ3v) is 3.83. The minimum Gasteiger partial charge on any atom is -0.360 e. The molecule has 0 spiro atoms. The minimum absolute atomic E-state index is 0.00276. The van der Waals surface area contributed by atoms with E-state index in [1.807, 2.05) is 13.8 Å². The number of fused-ring (bicyclic) bond motifs is 1. The van der Waals surface area contributed by atoms with Crippen LogP contribution in [0.1, 0.15) is 13.8 Å². The number of benzene rings is 1. The van der Waals surface area contributed by atoms with Crippen LogP contribution in [0.15, 0.2) is 23.3 Å². The van der Waals surface area contributed by atoms with Gasteiger partial charge in [-0.3, -0.25) is 19.7 Å². The molecule has 0 aliphatic rings. The summed E-state index contributed by atoms with van der Waals surface area (Å²) in [6.45, 7) is 4.88. The number of carbonyl (C=O) groups is 1. The number of nitrogens with zero attached hydrogens (tertiary/aromatic N) is 4. The van der Waals surface area contributed by atoms with Crippen LogP contribution < -0.4 is 10.5 Å². The molecule has 1 heterocycles. The molecule has 9 heteroatoms. The Morgan fingerprint density at radius 1 is 1.33 bits per heavy atom. The lowest BCUT2D eigenvalue weighted by atomic mass is 10.1. The Kier molecular flexibility index (Phi) is 5.12. The van der Waals surface area contributed by atoms with Gasteiger partial charge in [0.1, 0.15) is 5.69 Å². The van der Waals surface area contributed by atoms with E-state index in [-0.39, 0.29) is 29.2 Å². The fourth-order valence-corrected chi connectivity index (χ4v) is 2.51. The number of nitro benzene ring substituents is 1. The number of hydrogen-bond donors (Lipinski definition) is 1. The molecule has 2 aromatic rings. The van der Waals surface area contributed by atoms with E-state index in [2.05, 4.69) is 9.97 Å². The van der Waals surface area contributed by atoms with Crippen LogP contribution in [-0.4, -0.2) is 52.4 Å². The first-order chi connectivity index (χ1) is 11.4. The Morgan fingerprint density at radius 2 is 2.00 bits per heavy atom. The number of carbonyl (C=O) groups excluding carboxylic acids is 1. The molecule has 0 fully saturated rings. The molecule has 9 nitrogen and oxygen atoms in total. The average Bonchev–Trinajstić information content (AvgIpc) is 2.55. The summed E-state index contributed by atoms with van der Waals surface area (Å²) < 4.78 is 0. The quantitative estimate of drug-likeness (QED) is 0.626. The van der Waals surface area contributed by atoms with E-state index in [1.165, 1.54) is 23.4 Å². The Bertz CT molecular complexity index is 828. The zero-order valence-corrected chi connectivity index (χ0v) is 13.8. The van der Waals surface area contributed by atoms with Crippen LogP contribution in [0.5, 0.6) is 0 Å². The summed E-state index contributed by atoms with van der Waals surface area (Å²) in [5, 5.41) is 11.5. The van der Waals surface area contributed by atoms with Gasteiger partial charge in [-0.25, -0.2) is 4.98 Å². The van der Waals surface area contributed by atoms with Crippen molar-refractivity contribution < 1.29 is 9.72 Å². The number of H-pyrrole nitrogens is 1. The van der Waals surface area contributed by atoms with Gasteiger partial charge in [0, 0.05) is 26.2 Å². The summed E-state index contributed by atoms with van der Waals surface area (Å²) in [5.74, 6) is -0.129. The molecule has 1 aromatic heterocycles. The summed E-state index contributed by atoms with van der Waals surface area (Å²) in [5.41, 5.74) is -0.111. The zero-order valence-electron chi connectivity index (χ0n) is 13.8. The van der Waals surface area contributed by atoms with E-state index in [4.69, 9.17) is 0 Å². The summed E-state index contributed by atoms with van der Waals surface area (Å²) in [6.07, 6.45) is 1.24. The molecular weight excluding hydrogens is 314 g/mol. The topological polar surface area (TPSA) is 112 Å². The smallest absolute Gasteiger partial charge is 0.293 e. The van der Waals surface area contributed by atoms with E-state index < -0.39 is 10.5 Å². The predicted octanol–water partition coefficient (Wildman–Crippen LogP) is 1.14. The van der Waals surface area contributed by atoms with Crippen LogP contribution in [0, 0.1) is 10.1 Å². The Balaban J connectivity index is 2.46. The van der Waals surface area contributed by atoms with Crippen LogP contribution in [0.2, 0.25) is 0 Å². The van der Waals surface area contributed by atoms with Crippen molar-refractivity contribution in [2.45, 2.75) is 13.8 Å². The fraction of sp³-hybridized carbons (Fsp3) is 0.400. The van der Waals surface area contributed by atoms with Crippen molar-refractivity contribution in [1.82, 2.24) is 14.9 Å². The Morgan fingerprint density at radius 3 is 2.58 bits per heavy atom. The molecule has 0 saturated carbocycles. The highest BCUT2D eigenvalue weighted by Gasteiger charge is 2.22. The van der Waals surface area contributed by atoms with Crippen molar-refractivity contribution in [2.24, 2.45) is 0 Å². The number of hydrogen-bond acceptors (Lipinski definition) is 6. The second kappa shape index (κ2) is 7.07. The van der Waals surface area contributed by atoms with Gasteiger partial charge in [-0.2, -0.15) is 0 Å². The third-order valence-electron chi connectivity index (χ3n) is 3.83. The molecule has 0 aliphatic heterocycles. The van der Waals surface area contributed by atoms with Crippen LogP contribution in [0.25, 0.3) is 10.9 Å². The largest absolute Gasteiger partial charge is 0.360 e. The average molecular weight is 333 g/mol. The predicted molar refractivity (Wildman–Crippen MR) is 90.2 cm³/mol. The van der Waals surface area contributed by atoms with Crippen molar-refractivity contribution in [3.05, 3.63) is 38.9 Å². The van der Waals surface area contributed by atoms with Crippen molar-refractivity contribution in [3.8, 4) is 0 Å². The highest BCUT2D eigenvalue weighted by atomic mass is 16.6. The molecule has 0 radical (unpaired) electrons. The summed E-state index contributed by atoms with van der Waals surface area (Å²) in [4.78, 5) is 44.4. The van der Waals surface area contributed by atoms with Gasteiger partial charge in [-0.05, 0) is 19.9 Å². The molecular formula is C15H19N5O4. The first-order valence-corrected chi connectivity index (χ1v) is 7.53. The molecule has 1 aromatic carbocycles. The Hall–Kier alpha value is -2.97. The first kappa shape index (κ1) is 17.4. The van der Waals surface area contributed by atoms with Gasteiger partial charge < -0.3 is 14.8 Å². The van der Waals surface area contributed by atoms with E-state index in [0.29, 0.717) is 18.6 Å². The lowest BCUT2D eigenvalue weighted by Crippen LogP contribution is -2.39. The van der Waals surface area contributed by atoms with Crippen LogP contribution >= 0.6 is 0 Å². The number of anilines is 1. The van der Waals surface area contributed by atoms with Gasteiger partial charge >= 0.3 is 0 Å². The van der Waals surface area contributed by atoms with Gasteiger partial charge in [-0.15, -0.1) is 0 Å². The minimum atomic E-state index is -0.570. The van der Waals surface area contributed by atoms with E-state index >= 15 is 0 Å². The SMILES string of the molecule is CCN(CC)C(=O)CN(C)c1cc2nc[nH]c(=O)c2cc1[N+](=O)[O-]. The van der Waals surface area contributed by atoms with Crippen molar-refractivity contribution in [1.29, 1.82) is 0 Å². The second-order valence-corrected chi connectivity index (χ2v) is 5.27. The van der Waals surface area contributed by atoms with Gasteiger partial charge in [-0.1, -0.05) is 0 Å². The van der Waals surface area contributed by atoms with Crippen molar-refractivity contribution in [3.63, 3.8) is 0 Å². The van der Waals surface area contributed by atoms with E-state index in [1.54, 1.807) is 11.9 Å². The molecule has 0 bridgehead atoms. The fourth-order valence-electron chi connectivity index (χ4n) is 2.51. The van der Waals surface area contributed by atoms with Crippen molar-refractivity contribution >= 4 is 28.2 Å². The summed E-state index contributed by atoms with van der Waals surface area (Å²) in [7, 11) is 1.60. The van der Waals surface area contributed by atoms with Gasteiger partial charge in [0.05, 0.1) is 28.7 Å². The van der Waals surface area contributed by atoms with Crippen LogP contribution in [-0.2, 0) is 4.79 Å². The molecule has 1 amide bonds. The standard InChI is InChI=1S/C15H19N5O4/c1-4-19(5-2)14(21)8-18(3)12-7-11-10(6-13(12)20(23)24)15(22)17-9-16-11/h6-7,9H,4-5,8H2,1-3H3,(H,16,17,22). The van der Waals surface area contributed by atoms with Crippen molar-refractivity contribution in [2.75, 3.05) is 31.6 Å². The number of nitrogens with one attached hydrogen (secondary N) is 1. The normalized spacial score (nSPS) is 10.6. The molecule has 2 rings (SSSR count). The monoisotopic (exact) mass is 333 g/mol. The number of aromatic amines is 1. The molecule has 0 saturated heterocycles. The molecule has 128 valence electrons. The van der Waals surface area contributed by atoms with E-state index in [9.17, 15) is 19.7 Å². The molecule has 0 unspecified atom stereocenters. The third kappa shape index (κ3) is 3.34. The molecule has 0 aliphatic carbocycles. The van der Waals surface area contributed by atoms with Gasteiger partial charge in [0.15, 0.2) is 0 Å². The zero-order chi connectivity index (χ0) is 17.9. The van der Waals surface area contributed by atoms with Gasteiger partial charge in [0.2, 0.25) is 5.91 Å². The lowest BCUT2D eigenvalue weighted by molar-refractivity contribution is -0.384. The lowest BCUT2D eigenvalue weighted by Gasteiger charge is -2.24. The summed E-state index contributed by atoms with van der Waals surface area (Å²) >= 11 is 0. The molecule has 0 atom stereocenters. The maximum absolute atomic E-state index is 12.2. The number of amides is 1. The van der Waals surface area contributed by atoms with Crippen LogP contribution in [0.4, 0.5) is 11.4 Å². The van der Waals surface area contributed by atoms with Crippen LogP contribution in [0.3, 0.4) is 0 Å². The highest BCUT2D eigenvalue weighted by molar-refractivity contribution is 5.89. The number of nitro groups is 1. The molecule has 1 N–H and O–H groups in total. The number of likely N-dealkylation sites (N-methyl/N-ethyl adjacent to an activating group) is 2. The highest BCUT2D eigenvalue weighted by Crippen LogP contribution is 2.30. The van der Waals surface area contributed by atoms with E-state index in [0.717, 1.165) is 0 Å². The first-order valence-electron chi connectivity index (χ1n) is 7.53.